The molecule has 2 aliphatic rings. The summed E-state index contributed by atoms with van der Waals surface area (Å²) in [6.07, 6.45) is -0.847. The SMILES string of the molecule is CCNCC1CCC(CN2CCCC(C(F)(F)F)C2)O1. The van der Waals surface area contributed by atoms with Crippen LogP contribution in [0.1, 0.15) is 32.6 Å². The topological polar surface area (TPSA) is 24.5 Å². The number of ether oxygens (including phenoxy) is 1. The Morgan fingerprint density at radius 3 is 2.65 bits per heavy atom. The molecular weight excluding hydrogens is 269 g/mol. The summed E-state index contributed by atoms with van der Waals surface area (Å²) in [5.74, 6) is -1.16. The van der Waals surface area contributed by atoms with Crippen LogP contribution in [-0.4, -0.2) is 56.0 Å². The predicted molar refractivity (Wildman–Crippen MR) is 71.7 cm³/mol. The van der Waals surface area contributed by atoms with Crippen molar-refractivity contribution in [2.75, 3.05) is 32.7 Å². The maximum atomic E-state index is 12.8. The summed E-state index contributed by atoms with van der Waals surface area (Å²) >= 11 is 0. The van der Waals surface area contributed by atoms with E-state index in [4.69, 9.17) is 4.74 Å². The van der Waals surface area contributed by atoms with E-state index in [0.717, 1.165) is 32.5 Å². The van der Waals surface area contributed by atoms with Crippen LogP contribution >= 0.6 is 0 Å². The van der Waals surface area contributed by atoms with Crippen molar-refractivity contribution in [3.05, 3.63) is 0 Å². The minimum Gasteiger partial charge on any atom is -0.372 e. The summed E-state index contributed by atoms with van der Waals surface area (Å²) < 4.78 is 44.2. The number of rotatable bonds is 5. The summed E-state index contributed by atoms with van der Waals surface area (Å²) in [6.45, 7) is 5.38. The minimum absolute atomic E-state index is 0.102. The Bertz CT molecular complexity index is 299. The maximum absolute atomic E-state index is 12.8. The molecule has 3 atom stereocenters. The standard InChI is InChI=1S/C14H25F3N2O/c1-2-18-8-12-5-6-13(20-12)10-19-7-3-4-11(9-19)14(15,16)17/h11-13,18H,2-10H2,1H3. The molecule has 3 unspecified atom stereocenters. The van der Waals surface area contributed by atoms with E-state index in [9.17, 15) is 13.2 Å². The predicted octanol–water partition coefficient (Wildman–Crippen LogP) is 2.42. The Kier molecular flexibility index (Phi) is 5.69. The zero-order chi connectivity index (χ0) is 14.6. The second-order valence-corrected chi connectivity index (χ2v) is 5.91. The molecule has 3 nitrogen and oxygen atoms in total. The molecule has 0 aromatic rings. The first kappa shape index (κ1) is 16.0. The molecule has 0 amide bonds. The number of likely N-dealkylation sites (N-methyl/N-ethyl adjacent to an activating group) is 1. The highest BCUT2D eigenvalue weighted by Gasteiger charge is 2.42. The molecule has 2 fully saturated rings. The first-order chi connectivity index (χ1) is 9.49. The lowest BCUT2D eigenvalue weighted by Gasteiger charge is -2.35. The van der Waals surface area contributed by atoms with Gasteiger partial charge in [-0.15, -0.1) is 0 Å². The molecule has 0 radical (unpaired) electrons. The first-order valence-electron chi connectivity index (χ1n) is 7.64. The highest BCUT2D eigenvalue weighted by Crippen LogP contribution is 2.33. The number of hydrogen-bond donors (Lipinski definition) is 1. The van der Waals surface area contributed by atoms with Gasteiger partial charge in [-0.25, -0.2) is 0 Å². The van der Waals surface area contributed by atoms with Gasteiger partial charge in [0, 0.05) is 19.6 Å². The molecule has 2 rings (SSSR count). The molecular formula is C14H25F3N2O. The monoisotopic (exact) mass is 294 g/mol. The normalized spacial score (nSPS) is 32.7. The second-order valence-electron chi connectivity index (χ2n) is 5.91. The number of nitrogens with one attached hydrogen (secondary N) is 1. The summed E-state index contributed by atoms with van der Waals surface area (Å²) in [7, 11) is 0. The van der Waals surface area contributed by atoms with Crippen molar-refractivity contribution in [3.63, 3.8) is 0 Å². The minimum atomic E-state index is -4.05. The zero-order valence-electron chi connectivity index (χ0n) is 12.1. The quantitative estimate of drug-likeness (QED) is 0.843. The van der Waals surface area contributed by atoms with Gasteiger partial charge in [0.15, 0.2) is 0 Å². The highest BCUT2D eigenvalue weighted by atomic mass is 19.4. The highest BCUT2D eigenvalue weighted by molar-refractivity contribution is 4.82. The first-order valence-corrected chi connectivity index (χ1v) is 7.64. The summed E-state index contributed by atoms with van der Waals surface area (Å²) in [6, 6.07) is 0. The Hall–Kier alpha value is -0.330. The third-order valence-electron chi connectivity index (χ3n) is 4.25. The Morgan fingerprint density at radius 2 is 1.95 bits per heavy atom. The molecule has 0 spiro atoms. The third-order valence-corrected chi connectivity index (χ3v) is 4.25. The Morgan fingerprint density at radius 1 is 1.20 bits per heavy atom. The average molecular weight is 294 g/mol. The zero-order valence-corrected chi connectivity index (χ0v) is 12.1. The summed E-state index contributed by atoms with van der Waals surface area (Å²) in [5, 5.41) is 3.25. The Balaban J connectivity index is 1.74. The van der Waals surface area contributed by atoms with Gasteiger partial charge in [-0.2, -0.15) is 13.2 Å². The van der Waals surface area contributed by atoms with Gasteiger partial charge in [-0.05, 0) is 38.8 Å². The van der Waals surface area contributed by atoms with Crippen molar-refractivity contribution in [2.24, 2.45) is 5.92 Å². The fourth-order valence-electron chi connectivity index (χ4n) is 3.15. The van der Waals surface area contributed by atoms with Crippen molar-refractivity contribution >= 4 is 0 Å². The van der Waals surface area contributed by atoms with Crippen LogP contribution in [0.25, 0.3) is 0 Å². The molecule has 20 heavy (non-hydrogen) atoms. The molecule has 0 aromatic heterocycles. The fraction of sp³-hybridized carbons (Fsp3) is 1.00. The molecule has 2 aliphatic heterocycles. The molecule has 1 N–H and O–H groups in total. The van der Waals surface area contributed by atoms with Gasteiger partial charge >= 0.3 is 6.18 Å². The molecule has 2 saturated heterocycles. The van der Waals surface area contributed by atoms with Crippen molar-refractivity contribution < 1.29 is 17.9 Å². The number of alkyl halides is 3. The number of piperidine rings is 1. The molecule has 0 saturated carbocycles. The lowest BCUT2D eigenvalue weighted by Crippen LogP contribution is -2.44. The van der Waals surface area contributed by atoms with E-state index in [1.54, 1.807) is 0 Å². The van der Waals surface area contributed by atoms with Gasteiger partial charge in [0.05, 0.1) is 18.1 Å². The van der Waals surface area contributed by atoms with Crippen molar-refractivity contribution in [3.8, 4) is 0 Å². The lowest BCUT2D eigenvalue weighted by molar-refractivity contribution is -0.187. The number of nitrogens with zero attached hydrogens (tertiary/aromatic N) is 1. The smallest absolute Gasteiger partial charge is 0.372 e. The van der Waals surface area contributed by atoms with Gasteiger partial charge in [0.2, 0.25) is 0 Å². The molecule has 0 bridgehead atoms. The average Bonchev–Trinajstić information content (AvgIpc) is 2.83. The van der Waals surface area contributed by atoms with E-state index in [-0.39, 0.29) is 25.2 Å². The molecule has 0 aromatic carbocycles. The van der Waals surface area contributed by atoms with Crippen molar-refractivity contribution in [1.82, 2.24) is 10.2 Å². The summed E-state index contributed by atoms with van der Waals surface area (Å²) in [4.78, 5) is 1.93. The number of halogens is 3. The molecule has 6 heteroatoms. The van der Waals surface area contributed by atoms with Crippen LogP contribution in [0.5, 0.6) is 0 Å². The largest absolute Gasteiger partial charge is 0.393 e. The van der Waals surface area contributed by atoms with E-state index >= 15 is 0 Å². The van der Waals surface area contributed by atoms with Crippen LogP contribution in [0, 0.1) is 5.92 Å². The fourth-order valence-corrected chi connectivity index (χ4v) is 3.15. The lowest BCUT2D eigenvalue weighted by atomic mass is 9.97. The van der Waals surface area contributed by atoms with E-state index in [1.165, 1.54) is 0 Å². The van der Waals surface area contributed by atoms with Gasteiger partial charge < -0.3 is 15.0 Å². The van der Waals surface area contributed by atoms with Crippen LogP contribution in [0.4, 0.5) is 13.2 Å². The Labute approximate surface area is 118 Å². The van der Waals surface area contributed by atoms with E-state index in [2.05, 4.69) is 12.2 Å². The van der Waals surface area contributed by atoms with Gasteiger partial charge in [0.25, 0.3) is 0 Å². The van der Waals surface area contributed by atoms with Gasteiger partial charge in [-0.3, -0.25) is 0 Å². The van der Waals surface area contributed by atoms with E-state index in [1.807, 2.05) is 4.90 Å². The van der Waals surface area contributed by atoms with Gasteiger partial charge in [-0.1, -0.05) is 6.92 Å². The molecule has 118 valence electrons. The van der Waals surface area contributed by atoms with Crippen molar-refractivity contribution in [2.45, 2.75) is 51.0 Å². The summed E-state index contributed by atoms with van der Waals surface area (Å²) in [5.41, 5.74) is 0. The number of likely N-dealkylation sites (tertiary alicyclic amines) is 1. The van der Waals surface area contributed by atoms with Gasteiger partial charge in [0.1, 0.15) is 0 Å². The van der Waals surface area contributed by atoms with Crippen LogP contribution in [0.2, 0.25) is 0 Å². The van der Waals surface area contributed by atoms with Crippen LogP contribution in [0.3, 0.4) is 0 Å². The second kappa shape index (κ2) is 7.09. The molecule has 2 heterocycles. The number of hydrogen-bond acceptors (Lipinski definition) is 3. The van der Waals surface area contributed by atoms with E-state index < -0.39 is 12.1 Å². The van der Waals surface area contributed by atoms with E-state index in [0.29, 0.717) is 13.0 Å². The van der Waals surface area contributed by atoms with Crippen molar-refractivity contribution in [1.29, 1.82) is 0 Å². The van der Waals surface area contributed by atoms with Crippen LogP contribution in [-0.2, 0) is 4.74 Å². The van der Waals surface area contributed by atoms with Crippen LogP contribution < -0.4 is 5.32 Å². The maximum Gasteiger partial charge on any atom is 0.393 e. The molecule has 0 aliphatic carbocycles. The van der Waals surface area contributed by atoms with Crippen LogP contribution in [0.15, 0.2) is 0 Å². The third kappa shape index (κ3) is 4.60.